The maximum atomic E-state index is 13.0. The van der Waals surface area contributed by atoms with Crippen LogP contribution in [-0.4, -0.2) is 96.7 Å². The summed E-state index contributed by atoms with van der Waals surface area (Å²) in [6.45, 7) is 9.46. The first-order valence-electron chi connectivity index (χ1n) is 37.0. The van der Waals surface area contributed by atoms with Crippen molar-refractivity contribution in [2.45, 2.75) is 381 Å². The van der Waals surface area contributed by atoms with Gasteiger partial charge in [0.15, 0.2) is 12.2 Å². The third-order valence-corrected chi connectivity index (χ3v) is 18.7. The zero-order valence-corrected chi connectivity index (χ0v) is 60.2. The maximum absolute atomic E-state index is 13.0. The molecule has 0 aliphatic heterocycles. The number of phosphoric ester groups is 2. The van der Waals surface area contributed by atoms with Crippen LogP contribution in [0.4, 0.5) is 0 Å². The highest BCUT2D eigenvalue weighted by molar-refractivity contribution is 7.47. The van der Waals surface area contributed by atoms with Gasteiger partial charge in [0.25, 0.3) is 0 Å². The number of aliphatic hydroxyl groups is 1. The standard InChI is InChI=1S/C71H138O17P2/c1-7-10-12-14-16-18-20-21-22-23-24-25-26-27-28-30-36-43-49-55-70(75)87-66(59-82-69(74)54-48-42-35-32-31-33-39-45-51-63(4)5)61-85-89(77,78)83-57-65(72)58-84-90(79,80)86-62-67(88-71(76)56-50-44-38-37-40-46-52-64(6)9-3)60-81-68(73)53-47-41-34-29-19-17-15-13-11-8-2/h63-67,72H,7-62H2,1-6H3,(H,77,78)(H,79,80)/t64?,65-,66-,67-/m1/s1. The number of carbonyl (C=O) groups excluding carboxylic acids is 4. The number of phosphoric acid groups is 2. The summed E-state index contributed by atoms with van der Waals surface area (Å²) in [5.41, 5.74) is 0. The molecule has 0 rings (SSSR count). The number of carbonyl (C=O) groups is 4. The smallest absolute Gasteiger partial charge is 0.462 e. The second kappa shape index (κ2) is 63.1. The molecule has 0 aromatic rings. The average Bonchev–Trinajstić information content (AvgIpc) is 2.78. The lowest BCUT2D eigenvalue weighted by atomic mass is 10.00. The van der Waals surface area contributed by atoms with Gasteiger partial charge in [-0.2, -0.15) is 0 Å². The van der Waals surface area contributed by atoms with Crippen LogP contribution in [0.15, 0.2) is 0 Å². The molecule has 3 N–H and O–H groups in total. The molecule has 90 heavy (non-hydrogen) atoms. The quantitative estimate of drug-likeness (QED) is 0.0222. The maximum Gasteiger partial charge on any atom is 0.472 e. The molecule has 534 valence electrons. The molecular weight excluding hydrogens is 1190 g/mol. The van der Waals surface area contributed by atoms with Crippen molar-refractivity contribution >= 4 is 39.5 Å². The predicted molar refractivity (Wildman–Crippen MR) is 363 cm³/mol. The number of ether oxygens (including phenoxy) is 4. The van der Waals surface area contributed by atoms with Crippen LogP contribution < -0.4 is 0 Å². The number of rotatable bonds is 70. The van der Waals surface area contributed by atoms with E-state index in [0.29, 0.717) is 25.7 Å². The van der Waals surface area contributed by atoms with Crippen molar-refractivity contribution in [1.82, 2.24) is 0 Å². The van der Waals surface area contributed by atoms with Crippen LogP contribution >= 0.6 is 15.6 Å². The first-order valence-corrected chi connectivity index (χ1v) is 40.0. The summed E-state index contributed by atoms with van der Waals surface area (Å²) in [4.78, 5) is 72.5. The Labute approximate surface area is 549 Å². The van der Waals surface area contributed by atoms with Gasteiger partial charge in [0.2, 0.25) is 0 Å². The Kier molecular flexibility index (Phi) is 61.8. The van der Waals surface area contributed by atoms with Crippen LogP contribution in [0.3, 0.4) is 0 Å². The number of esters is 4. The Balaban J connectivity index is 5.20. The lowest BCUT2D eigenvalue weighted by molar-refractivity contribution is -0.161. The molecule has 0 saturated carbocycles. The van der Waals surface area contributed by atoms with Crippen LogP contribution in [-0.2, 0) is 65.4 Å². The fourth-order valence-corrected chi connectivity index (χ4v) is 12.3. The highest BCUT2D eigenvalue weighted by atomic mass is 31.2. The molecule has 0 aliphatic carbocycles. The Morgan fingerprint density at radius 1 is 0.322 bits per heavy atom. The van der Waals surface area contributed by atoms with Crippen LogP contribution in [0.25, 0.3) is 0 Å². The summed E-state index contributed by atoms with van der Waals surface area (Å²) >= 11 is 0. The SMILES string of the molecule is CCCCCCCCCCCCCCCCCCCCCC(=O)O[C@H](COC(=O)CCCCCCCCCCC(C)C)COP(=O)(O)OC[C@@H](O)COP(=O)(O)OC[C@@H](COC(=O)CCCCCCCCCCCC)OC(=O)CCCCCCCCC(C)CC. The van der Waals surface area contributed by atoms with Gasteiger partial charge in [0.05, 0.1) is 26.4 Å². The normalized spacial score (nSPS) is 14.4. The van der Waals surface area contributed by atoms with Gasteiger partial charge in [-0.15, -0.1) is 0 Å². The van der Waals surface area contributed by atoms with Gasteiger partial charge < -0.3 is 33.8 Å². The van der Waals surface area contributed by atoms with Gasteiger partial charge in [0.1, 0.15) is 19.3 Å². The van der Waals surface area contributed by atoms with Crippen LogP contribution in [0.1, 0.15) is 363 Å². The first kappa shape index (κ1) is 88.1. The highest BCUT2D eigenvalue weighted by Gasteiger charge is 2.30. The molecule has 0 fully saturated rings. The van der Waals surface area contributed by atoms with E-state index < -0.39 is 97.5 Å². The monoisotopic (exact) mass is 1320 g/mol. The zero-order chi connectivity index (χ0) is 66.5. The summed E-state index contributed by atoms with van der Waals surface area (Å²) in [5.74, 6) is -0.681. The number of unbranched alkanes of at least 4 members (excludes halogenated alkanes) is 39. The van der Waals surface area contributed by atoms with Crippen molar-refractivity contribution in [3.8, 4) is 0 Å². The van der Waals surface area contributed by atoms with Crippen molar-refractivity contribution in [3.63, 3.8) is 0 Å². The topological polar surface area (TPSA) is 237 Å². The fraction of sp³-hybridized carbons (Fsp3) is 0.944. The van der Waals surface area contributed by atoms with E-state index in [1.54, 1.807) is 0 Å². The van der Waals surface area contributed by atoms with E-state index >= 15 is 0 Å². The summed E-state index contributed by atoms with van der Waals surface area (Å²) in [6, 6.07) is 0. The molecule has 0 aromatic heterocycles. The number of aliphatic hydroxyl groups excluding tert-OH is 1. The molecule has 0 bridgehead atoms. The van der Waals surface area contributed by atoms with E-state index in [1.807, 2.05) is 0 Å². The lowest BCUT2D eigenvalue weighted by Gasteiger charge is -2.21. The van der Waals surface area contributed by atoms with Crippen molar-refractivity contribution in [2.75, 3.05) is 39.6 Å². The van der Waals surface area contributed by atoms with E-state index in [2.05, 4.69) is 41.5 Å². The fourth-order valence-electron chi connectivity index (χ4n) is 10.7. The Bertz CT molecular complexity index is 1750. The minimum Gasteiger partial charge on any atom is -0.462 e. The largest absolute Gasteiger partial charge is 0.472 e. The predicted octanol–water partition coefficient (Wildman–Crippen LogP) is 20.4. The third-order valence-electron chi connectivity index (χ3n) is 16.8. The Hall–Kier alpha value is -1.94. The molecule has 0 heterocycles. The molecule has 0 aliphatic rings. The second-order valence-electron chi connectivity index (χ2n) is 26.3. The molecule has 0 amide bonds. The molecule has 19 heteroatoms. The molecule has 6 atom stereocenters. The van der Waals surface area contributed by atoms with E-state index in [0.717, 1.165) is 102 Å². The highest BCUT2D eigenvalue weighted by Crippen LogP contribution is 2.45. The van der Waals surface area contributed by atoms with Gasteiger partial charge in [-0.05, 0) is 37.5 Å². The van der Waals surface area contributed by atoms with Crippen molar-refractivity contribution < 1.29 is 80.2 Å². The van der Waals surface area contributed by atoms with Crippen molar-refractivity contribution in [1.29, 1.82) is 0 Å². The van der Waals surface area contributed by atoms with Crippen molar-refractivity contribution in [3.05, 3.63) is 0 Å². The molecule has 3 unspecified atom stereocenters. The zero-order valence-electron chi connectivity index (χ0n) is 58.4. The Morgan fingerprint density at radius 2 is 0.567 bits per heavy atom. The van der Waals surface area contributed by atoms with Crippen molar-refractivity contribution in [2.24, 2.45) is 11.8 Å². The van der Waals surface area contributed by atoms with Crippen LogP contribution in [0.2, 0.25) is 0 Å². The van der Waals surface area contributed by atoms with Gasteiger partial charge >= 0.3 is 39.5 Å². The second-order valence-corrected chi connectivity index (χ2v) is 29.3. The summed E-state index contributed by atoms with van der Waals surface area (Å²) in [7, 11) is -9.90. The molecular formula is C71H138O17P2. The summed E-state index contributed by atoms with van der Waals surface area (Å²) in [6.07, 6.45) is 48.7. The number of hydrogen-bond donors (Lipinski definition) is 3. The summed E-state index contributed by atoms with van der Waals surface area (Å²) in [5, 5.41) is 10.6. The summed E-state index contributed by atoms with van der Waals surface area (Å²) < 4.78 is 68.3. The van der Waals surface area contributed by atoms with Gasteiger partial charge in [0, 0.05) is 25.7 Å². The van der Waals surface area contributed by atoms with Crippen LogP contribution in [0, 0.1) is 11.8 Å². The average molecular weight is 1330 g/mol. The van der Waals surface area contributed by atoms with E-state index in [9.17, 15) is 43.2 Å². The van der Waals surface area contributed by atoms with E-state index in [4.69, 9.17) is 37.0 Å². The molecule has 0 radical (unpaired) electrons. The van der Waals surface area contributed by atoms with Gasteiger partial charge in [-0.1, -0.05) is 311 Å². The van der Waals surface area contributed by atoms with E-state index in [1.165, 1.54) is 180 Å². The van der Waals surface area contributed by atoms with Gasteiger partial charge in [-0.25, -0.2) is 9.13 Å². The van der Waals surface area contributed by atoms with E-state index in [-0.39, 0.29) is 25.7 Å². The van der Waals surface area contributed by atoms with Gasteiger partial charge in [-0.3, -0.25) is 37.3 Å². The molecule has 0 spiro atoms. The molecule has 0 saturated heterocycles. The first-order chi connectivity index (χ1) is 43.4. The minimum atomic E-state index is -4.95. The molecule has 0 aromatic carbocycles. The minimum absolute atomic E-state index is 0.103. The third kappa shape index (κ3) is 63.5. The molecule has 17 nitrogen and oxygen atoms in total. The lowest BCUT2D eigenvalue weighted by Crippen LogP contribution is -2.30. The Morgan fingerprint density at radius 3 is 0.844 bits per heavy atom. The number of hydrogen-bond acceptors (Lipinski definition) is 15. The van der Waals surface area contributed by atoms with Crippen LogP contribution in [0.5, 0.6) is 0 Å².